The fourth-order valence-corrected chi connectivity index (χ4v) is 5.15. The molecule has 166 valence electrons. The molecule has 1 aromatic carbocycles. The van der Waals surface area contributed by atoms with E-state index in [2.05, 4.69) is 19.8 Å². The summed E-state index contributed by atoms with van der Waals surface area (Å²) in [5, 5.41) is 4.80. The summed E-state index contributed by atoms with van der Waals surface area (Å²) in [6, 6.07) is 5.86. The fraction of sp³-hybridized carbons (Fsp3) is 0.200. The number of hydrogen-bond donors (Lipinski definition) is 1. The molecule has 0 atom stereocenters. The summed E-state index contributed by atoms with van der Waals surface area (Å²) in [4.78, 5) is 13.6. The van der Waals surface area contributed by atoms with Crippen molar-refractivity contribution in [2.75, 3.05) is 4.72 Å². The number of nitrogens with one attached hydrogen (secondary N) is 1. The van der Waals surface area contributed by atoms with Gasteiger partial charge in [0.15, 0.2) is 0 Å². The number of rotatable bonds is 6. The first kappa shape index (κ1) is 22.3. The minimum Gasteiger partial charge on any atom is -0.277 e. The lowest BCUT2D eigenvalue weighted by atomic mass is 10.1. The lowest BCUT2D eigenvalue weighted by Crippen LogP contribution is -2.13. The molecule has 0 spiro atoms. The second kappa shape index (κ2) is 8.57. The van der Waals surface area contributed by atoms with E-state index in [1.54, 1.807) is 25.4 Å². The average molecular weight is 493 g/mol. The Hall–Kier alpha value is -2.89. The molecular weight excluding hydrogens is 475 g/mol. The van der Waals surface area contributed by atoms with Gasteiger partial charge in [0.05, 0.1) is 33.2 Å². The Balaban J connectivity index is 1.80. The Morgan fingerprint density at radius 2 is 2.00 bits per heavy atom. The normalized spacial score (nSPS) is 11.8. The zero-order valence-corrected chi connectivity index (χ0v) is 19.6. The molecule has 0 amide bonds. The molecule has 3 aromatic heterocycles. The van der Waals surface area contributed by atoms with Crippen LogP contribution in [0.4, 0.5) is 10.1 Å². The molecule has 0 unspecified atom stereocenters. The molecule has 0 fully saturated rings. The van der Waals surface area contributed by atoms with Crippen LogP contribution in [0.1, 0.15) is 24.8 Å². The van der Waals surface area contributed by atoms with Gasteiger partial charge in [0.25, 0.3) is 10.0 Å². The van der Waals surface area contributed by atoms with Crippen LogP contribution in [0.25, 0.3) is 21.8 Å². The zero-order chi connectivity index (χ0) is 23.0. The SMILES string of the molecule is CC(C)c1nc(-c2ccc(F)c(NS(=O)(=O)c3cnn(C)c3)c2)c(-c2ccnc(Cl)n2)s1. The lowest BCUT2D eigenvalue weighted by molar-refractivity contribution is 0.598. The number of aromatic nitrogens is 5. The van der Waals surface area contributed by atoms with Crippen molar-refractivity contribution >= 4 is 38.6 Å². The van der Waals surface area contributed by atoms with E-state index in [0.717, 1.165) is 9.88 Å². The van der Waals surface area contributed by atoms with Gasteiger partial charge in [0, 0.05) is 30.9 Å². The van der Waals surface area contributed by atoms with Crippen molar-refractivity contribution < 1.29 is 12.8 Å². The third-order valence-electron chi connectivity index (χ3n) is 4.47. The number of sulfonamides is 1. The van der Waals surface area contributed by atoms with E-state index >= 15 is 0 Å². The predicted molar refractivity (Wildman–Crippen MR) is 122 cm³/mol. The summed E-state index contributed by atoms with van der Waals surface area (Å²) in [6.07, 6.45) is 4.06. The molecule has 3 heterocycles. The van der Waals surface area contributed by atoms with E-state index in [1.165, 1.54) is 40.5 Å². The third kappa shape index (κ3) is 4.50. The Bertz CT molecular complexity index is 1400. The summed E-state index contributed by atoms with van der Waals surface area (Å²) >= 11 is 7.41. The number of hydrogen-bond acceptors (Lipinski definition) is 7. The van der Waals surface area contributed by atoms with Crippen LogP contribution in [0.3, 0.4) is 0 Å². The number of nitrogens with zero attached hydrogens (tertiary/aromatic N) is 5. The third-order valence-corrected chi connectivity index (χ3v) is 7.35. The molecule has 1 N–H and O–H groups in total. The highest BCUT2D eigenvalue weighted by Gasteiger charge is 2.22. The van der Waals surface area contributed by atoms with Crippen LogP contribution in [0.15, 0.2) is 47.8 Å². The fourth-order valence-electron chi connectivity index (χ4n) is 2.91. The molecule has 0 saturated carbocycles. The van der Waals surface area contributed by atoms with Crippen molar-refractivity contribution in [1.29, 1.82) is 0 Å². The molecule has 0 aliphatic heterocycles. The Morgan fingerprint density at radius 1 is 1.22 bits per heavy atom. The van der Waals surface area contributed by atoms with Crippen molar-refractivity contribution in [1.82, 2.24) is 24.7 Å². The van der Waals surface area contributed by atoms with Crippen molar-refractivity contribution in [2.24, 2.45) is 7.05 Å². The largest absolute Gasteiger partial charge is 0.277 e. The first-order chi connectivity index (χ1) is 15.1. The molecule has 0 bridgehead atoms. The van der Waals surface area contributed by atoms with Gasteiger partial charge >= 0.3 is 0 Å². The molecule has 0 radical (unpaired) electrons. The van der Waals surface area contributed by atoms with Gasteiger partial charge in [0.2, 0.25) is 5.28 Å². The molecule has 32 heavy (non-hydrogen) atoms. The highest BCUT2D eigenvalue weighted by atomic mass is 35.5. The topological polar surface area (TPSA) is 103 Å². The number of thiazole rings is 1. The molecule has 4 aromatic rings. The van der Waals surface area contributed by atoms with E-state index in [1.807, 2.05) is 13.8 Å². The monoisotopic (exact) mass is 492 g/mol. The molecule has 4 rings (SSSR count). The highest BCUT2D eigenvalue weighted by Crippen LogP contribution is 2.39. The van der Waals surface area contributed by atoms with Gasteiger partial charge in [-0.05, 0) is 35.9 Å². The van der Waals surface area contributed by atoms with Gasteiger partial charge in [-0.1, -0.05) is 13.8 Å². The second-order valence-corrected chi connectivity index (χ2v) is 10.3. The standard InChI is InChI=1S/C20H18ClFN6O2S2/c1-11(2)19-26-17(18(31-19)15-6-7-23-20(21)25-15)12-4-5-14(22)16(8-12)27-32(29,30)13-9-24-28(3)10-13/h4-11,27H,1-3H3. The maximum absolute atomic E-state index is 14.5. The van der Waals surface area contributed by atoms with Crippen molar-refractivity contribution in [3.8, 4) is 21.8 Å². The van der Waals surface area contributed by atoms with Crippen LogP contribution in [0, 0.1) is 5.82 Å². The summed E-state index contributed by atoms with van der Waals surface area (Å²) in [6.45, 7) is 4.02. The van der Waals surface area contributed by atoms with Gasteiger partial charge in [-0.2, -0.15) is 5.10 Å². The Labute approximate surface area is 193 Å². The van der Waals surface area contributed by atoms with Gasteiger partial charge < -0.3 is 0 Å². The molecule has 0 aliphatic carbocycles. The van der Waals surface area contributed by atoms with Gasteiger partial charge in [-0.15, -0.1) is 11.3 Å². The quantitative estimate of drug-likeness (QED) is 0.391. The Kier molecular flexibility index (Phi) is 5.97. The molecule has 12 heteroatoms. The summed E-state index contributed by atoms with van der Waals surface area (Å²) in [5.74, 6) is -0.569. The van der Waals surface area contributed by atoms with Crippen molar-refractivity contribution in [2.45, 2.75) is 24.7 Å². The summed E-state index contributed by atoms with van der Waals surface area (Å²) in [7, 11) is -2.43. The van der Waals surface area contributed by atoms with E-state index in [9.17, 15) is 12.8 Å². The first-order valence-corrected chi connectivity index (χ1v) is 12.1. The van der Waals surface area contributed by atoms with Crippen LogP contribution < -0.4 is 4.72 Å². The maximum Gasteiger partial charge on any atom is 0.265 e. The van der Waals surface area contributed by atoms with Crippen LogP contribution in [0.2, 0.25) is 5.28 Å². The number of anilines is 1. The predicted octanol–water partition coefficient (Wildman–Crippen LogP) is 4.72. The van der Waals surface area contributed by atoms with Crippen molar-refractivity contribution in [3.63, 3.8) is 0 Å². The number of benzene rings is 1. The Morgan fingerprint density at radius 3 is 2.66 bits per heavy atom. The van der Waals surface area contributed by atoms with E-state index < -0.39 is 15.8 Å². The van der Waals surface area contributed by atoms with E-state index in [0.29, 0.717) is 17.0 Å². The summed E-state index contributed by atoms with van der Waals surface area (Å²) in [5.41, 5.74) is 1.46. The lowest BCUT2D eigenvalue weighted by Gasteiger charge is -2.10. The average Bonchev–Trinajstić information content (AvgIpc) is 3.37. The smallest absolute Gasteiger partial charge is 0.265 e. The molecule has 8 nitrogen and oxygen atoms in total. The van der Waals surface area contributed by atoms with Gasteiger partial charge in [-0.3, -0.25) is 9.40 Å². The zero-order valence-electron chi connectivity index (χ0n) is 17.2. The first-order valence-electron chi connectivity index (χ1n) is 9.45. The number of halogens is 2. The minimum atomic E-state index is -4.02. The molecule has 0 aliphatic rings. The molecule has 0 saturated heterocycles. The highest BCUT2D eigenvalue weighted by molar-refractivity contribution is 7.92. The molecular formula is C20H18ClFN6O2S2. The van der Waals surface area contributed by atoms with Crippen LogP contribution in [-0.2, 0) is 17.1 Å². The number of aryl methyl sites for hydroxylation is 1. The second-order valence-electron chi connectivity index (χ2n) is 7.25. The van der Waals surface area contributed by atoms with Crippen LogP contribution >= 0.6 is 22.9 Å². The summed E-state index contributed by atoms with van der Waals surface area (Å²) < 4.78 is 43.5. The van der Waals surface area contributed by atoms with E-state index in [-0.39, 0.29) is 21.8 Å². The van der Waals surface area contributed by atoms with E-state index in [4.69, 9.17) is 16.6 Å². The van der Waals surface area contributed by atoms with Crippen LogP contribution in [-0.4, -0.2) is 33.2 Å². The maximum atomic E-state index is 14.5. The minimum absolute atomic E-state index is 0.0723. The van der Waals surface area contributed by atoms with Gasteiger partial charge in [-0.25, -0.2) is 27.8 Å². The van der Waals surface area contributed by atoms with Crippen LogP contribution in [0.5, 0.6) is 0 Å². The van der Waals surface area contributed by atoms with Crippen molar-refractivity contribution in [3.05, 3.63) is 59.0 Å². The van der Waals surface area contributed by atoms with Gasteiger partial charge in [0.1, 0.15) is 10.7 Å².